The highest BCUT2D eigenvalue weighted by atomic mass is 15.0. The first-order valence-corrected chi connectivity index (χ1v) is 20.6. The quantitative estimate of drug-likeness (QED) is 0.167. The third-order valence-corrected chi connectivity index (χ3v) is 12.7. The molecule has 0 bridgehead atoms. The van der Waals surface area contributed by atoms with Gasteiger partial charge in [-0.3, -0.25) is 0 Å². The molecule has 9 rings (SSSR count). The molecule has 2 heterocycles. The molecular weight excluding hydrogens is 681 g/mol. The van der Waals surface area contributed by atoms with Crippen LogP contribution < -0.4 is 11.5 Å². The van der Waals surface area contributed by atoms with Gasteiger partial charge in [0.2, 0.25) is 0 Å². The van der Waals surface area contributed by atoms with Crippen molar-refractivity contribution in [2.45, 2.75) is 79.6 Å². The van der Waals surface area contributed by atoms with Crippen LogP contribution in [-0.4, -0.2) is 9.13 Å². The third kappa shape index (κ3) is 5.81. The number of aryl methyl sites for hydroxylation is 4. The summed E-state index contributed by atoms with van der Waals surface area (Å²) in [6.07, 6.45) is 17.7. The maximum Gasteiger partial charge on any atom is 0.0613 e. The number of nitrogens with zero attached hydrogens (tertiary/aromatic N) is 2. The lowest BCUT2D eigenvalue weighted by Gasteiger charge is -2.31. The summed E-state index contributed by atoms with van der Waals surface area (Å²) in [5.41, 5.74) is 31.5. The van der Waals surface area contributed by atoms with Gasteiger partial charge in [-0.15, -0.1) is 0 Å². The van der Waals surface area contributed by atoms with E-state index in [1.807, 2.05) is 0 Å². The lowest BCUT2D eigenvalue weighted by atomic mass is 9.74. The Morgan fingerprint density at radius 1 is 0.589 bits per heavy atom. The second-order valence-electron chi connectivity index (χ2n) is 16.9. The van der Waals surface area contributed by atoms with E-state index < -0.39 is 0 Å². The van der Waals surface area contributed by atoms with Crippen LogP contribution in [0.5, 0.6) is 0 Å². The van der Waals surface area contributed by atoms with E-state index in [-0.39, 0.29) is 0 Å². The number of rotatable bonds is 6. The van der Waals surface area contributed by atoms with Crippen molar-refractivity contribution in [2.24, 2.45) is 23.3 Å². The van der Waals surface area contributed by atoms with E-state index in [0.29, 0.717) is 5.92 Å². The zero-order valence-electron chi connectivity index (χ0n) is 33.8. The van der Waals surface area contributed by atoms with Crippen molar-refractivity contribution < 1.29 is 0 Å². The van der Waals surface area contributed by atoms with Crippen molar-refractivity contribution in [1.82, 2.24) is 9.13 Å². The van der Waals surface area contributed by atoms with Gasteiger partial charge in [-0.05, 0) is 165 Å². The second kappa shape index (κ2) is 14.1. The summed E-state index contributed by atoms with van der Waals surface area (Å²) in [6, 6.07) is 30.7. The summed E-state index contributed by atoms with van der Waals surface area (Å²) < 4.78 is 4.77. The molecule has 0 aliphatic heterocycles. The summed E-state index contributed by atoms with van der Waals surface area (Å²) in [5.74, 6) is 2.11. The molecular formula is C52H54N4. The molecule has 2 atom stereocenters. The Morgan fingerprint density at radius 2 is 1.23 bits per heavy atom. The maximum absolute atomic E-state index is 6.43. The van der Waals surface area contributed by atoms with Gasteiger partial charge in [-0.1, -0.05) is 79.6 Å². The first-order chi connectivity index (χ1) is 27.2. The third-order valence-electron chi connectivity index (χ3n) is 12.7. The van der Waals surface area contributed by atoms with Gasteiger partial charge in [0.1, 0.15) is 0 Å². The number of hydrogen-bond donors (Lipinski definition) is 2. The van der Waals surface area contributed by atoms with Crippen LogP contribution in [0.1, 0.15) is 80.7 Å². The van der Waals surface area contributed by atoms with Crippen molar-refractivity contribution in [3.63, 3.8) is 0 Å². The van der Waals surface area contributed by atoms with Crippen molar-refractivity contribution in [1.29, 1.82) is 0 Å². The predicted molar refractivity (Wildman–Crippen MR) is 242 cm³/mol. The maximum atomic E-state index is 6.43. The predicted octanol–water partition coefficient (Wildman–Crippen LogP) is 13.2. The van der Waals surface area contributed by atoms with Crippen LogP contribution in [0, 0.1) is 25.7 Å². The molecule has 0 amide bonds. The van der Waals surface area contributed by atoms with Gasteiger partial charge in [-0.2, -0.15) is 0 Å². The molecule has 56 heavy (non-hydrogen) atoms. The molecule has 1 fully saturated rings. The number of allylic oxidation sites excluding steroid dienone is 6. The molecule has 2 aromatic heterocycles. The van der Waals surface area contributed by atoms with Gasteiger partial charge in [0, 0.05) is 33.9 Å². The van der Waals surface area contributed by atoms with Crippen LogP contribution in [-0.2, 0) is 12.8 Å². The highest BCUT2D eigenvalue weighted by Gasteiger charge is 2.28. The fourth-order valence-electron chi connectivity index (χ4n) is 10.6. The molecule has 5 aromatic carbocycles. The lowest BCUT2D eigenvalue weighted by Crippen LogP contribution is -2.18. The zero-order valence-corrected chi connectivity index (χ0v) is 33.8. The van der Waals surface area contributed by atoms with Gasteiger partial charge in [0.15, 0.2) is 0 Å². The van der Waals surface area contributed by atoms with E-state index in [2.05, 4.69) is 154 Å². The molecule has 0 radical (unpaired) electrons. The molecule has 4 nitrogen and oxygen atoms in total. The first-order valence-electron chi connectivity index (χ1n) is 20.6. The van der Waals surface area contributed by atoms with Crippen molar-refractivity contribution in [3.8, 4) is 22.3 Å². The minimum atomic E-state index is 0.599. The summed E-state index contributed by atoms with van der Waals surface area (Å²) in [4.78, 5) is 0. The second-order valence-corrected chi connectivity index (χ2v) is 16.9. The zero-order chi connectivity index (χ0) is 38.8. The van der Waals surface area contributed by atoms with E-state index in [0.717, 1.165) is 36.1 Å². The van der Waals surface area contributed by atoms with Gasteiger partial charge in [0.05, 0.1) is 33.5 Å². The molecule has 4 N–H and O–H groups in total. The number of aromatic nitrogens is 2. The van der Waals surface area contributed by atoms with Crippen LogP contribution in [0.2, 0.25) is 0 Å². The molecule has 2 aliphatic rings. The van der Waals surface area contributed by atoms with Crippen LogP contribution in [0.4, 0.5) is 0 Å². The number of benzene rings is 5. The molecule has 282 valence electrons. The Kier molecular flexibility index (Phi) is 9.04. The molecule has 1 saturated carbocycles. The number of fused-ring (bicyclic) bond motifs is 10. The Morgan fingerprint density at radius 3 is 1.93 bits per heavy atom. The molecule has 2 unspecified atom stereocenters. The van der Waals surface area contributed by atoms with Crippen molar-refractivity contribution in [3.05, 3.63) is 143 Å². The molecule has 2 aliphatic carbocycles. The topological polar surface area (TPSA) is 61.9 Å². The van der Waals surface area contributed by atoms with Gasteiger partial charge < -0.3 is 20.6 Å². The fourth-order valence-corrected chi connectivity index (χ4v) is 10.6. The van der Waals surface area contributed by atoms with Crippen molar-refractivity contribution >= 4 is 55.0 Å². The van der Waals surface area contributed by atoms with E-state index in [9.17, 15) is 0 Å². The van der Waals surface area contributed by atoms with E-state index in [1.165, 1.54) is 113 Å². The van der Waals surface area contributed by atoms with Crippen LogP contribution >= 0.6 is 0 Å². The molecule has 0 spiro atoms. The fraction of sp³-hybridized carbons (Fsp3) is 0.269. The van der Waals surface area contributed by atoms with E-state index >= 15 is 0 Å². The largest absolute Gasteiger partial charge is 0.403 e. The summed E-state index contributed by atoms with van der Waals surface area (Å²) in [6.45, 7) is 13.3. The van der Waals surface area contributed by atoms with Gasteiger partial charge >= 0.3 is 0 Å². The smallest absolute Gasteiger partial charge is 0.0613 e. The van der Waals surface area contributed by atoms with Crippen molar-refractivity contribution in [2.75, 3.05) is 0 Å². The Balaban J connectivity index is 1.29. The Bertz CT molecular complexity index is 2800. The lowest BCUT2D eigenvalue weighted by molar-refractivity contribution is 0.268. The van der Waals surface area contributed by atoms with E-state index in [1.54, 1.807) is 12.4 Å². The van der Waals surface area contributed by atoms with Crippen LogP contribution in [0.3, 0.4) is 0 Å². The average Bonchev–Trinajstić information content (AvgIpc) is 3.69. The van der Waals surface area contributed by atoms with Gasteiger partial charge in [-0.25, -0.2) is 0 Å². The van der Waals surface area contributed by atoms with Crippen LogP contribution in [0.15, 0.2) is 116 Å². The summed E-state index contributed by atoms with van der Waals surface area (Å²) in [5, 5.41) is 5.12. The number of nitrogens with two attached hydrogens (primary N) is 2. The standard InChI is InChI=1S/C52H54N4/c1-7-9-40(29-53)55-49-17-12-36(39-23-33(5)20-34(6)24-39)26-47(49)48-27-37-11-14-43-42(45(37)28-51(48)55)15-16-44-46-25-35(38-21-31(3)19-32(4)22-38)13-18-50(46)56(52(43)44)41(30-54)10-8-2/h7-10,12-13,15-19,21-22,25-30,33-34,39H,11,14,20,23-24,53-54H2,1-6H3/b9-7-,10-8-,40-29+,41-30+. The SMILES string of the molecule is C/C=C\C(=C/N)n1c2ccc(C3CC(C)CC(C)C3)cc2c2cc3c(cc21)-c1ccc2c4cc(-c5cc(C)cc(C)c5)ccc4n(C(/C=C\C)=C/N)c2c1CC3. The summed E-state index contributed by atoms with van der Waals surface area (Å²) in [7, 11) is 0. The minimum absolute atomic E-state index is 0.599. The molecule has 0 saturated heterocycles. The molecule has 7 aromatic rings. The monoisotopic (exact) mass is 734 g/mol. The highest BCUT2D eigenvalue weighted by molar-refractivity contribution is 6.15. The molecule has 4 heteroatoms. The average molecular weight is 735 g/mol. The highest BCUT2D eigenvalue weighted by Crippen LogP contribution is 2.47. The van der Waals surface area contributed by atoms with Crippen LogP contribution in [0.25, 0.3) is 77.3 Å². The summed E-state index contributed by atoms with van der Waals surface area (Å²) >= 11 is 0. The van der Waals surface area contributed by atoms with Gasteiger partial charge in [0.25, 0.3) is 0 Å². The number of hydrogen-bond acceptors (Lipinski definition) is 2. The normalized spacial score (nSPS) is 19.3. The first kappa shape index (κ1) is 35.9. The van der Waals surface area contributed by atoms with E-state index in [4.69, 9.17) is 11.5 Å². The minimum Gasteiger partial charge on any atom is -0.403 e. The Labute approximate surface area is 331 Å². The Hall–Kier alpha value is -5.74.